The van der Waals surface area contributed by atoms with E-state index in [9.17, 15) is 0 Å². The molecule has 8 heteroatoms. The van der Waals surface area contributed by atoms with Crippen LogP contribution < -0.4 is 9.64 Å². The molecular formula is C23H35Cl2N5O. The molecule has 0 aliphatic carbocycles. The average molecular weight is 468 g/mol. The number of ether oxygens (including phenoxy) is 1. The molecule has 172 valence electrons. The van der Waals surface area contributed by atoms with Gasteiger partial charge < -0.3 is 9.64 Å². The van der Waals surface area contributed by atoms with E-state index in [4.69, 9.17) is 14.7 Å². The van der Waals surface area contributed by atoms with Crippen LogP contribution in [0.3, 0.4) is 0 Å². The van der Waals surface area contributed by atoms with E-state index in [2.05, 4.69) is 46.0 Å². The topological polar surface area (TPSA) is 44.7 Å². The second-order valence-corrected chi connectivity index (χ2v) is 7.97. The first-order valence-electron chi connectivity index (χ1n) is 11.0. The third-order valence-electron chi connectivity index (χ3n) is 5.86. The van der Waals surface area contributed by atoms with Gasteiger partial charge in [0.2, 0.25) is 5.95 Å². The molecule has 2 aromatic rings. The molecule has 1 saturated heterocycles. The molecule has 0 saturated carbocycles. The van der Waals surface area contributed by atoms with Gasteiger partial charge in [-0.05, 0) is 26.0 Å². The van der Waals surface area contributed by atoms with Crippen LogP contribution >= 0.6 is 24.8 Å². The minimum atomic E-state index is 0. The Morgan fingerprint density at radius 3 is 2.48 bits per heavy atom. The van der Waals surface area contributed by atoms with Crippen molar-refractivity contribution < 1.29 is 4.74 Å². The number of aromatic nitrogens is 2. The van der Waals surface area contributed by atoms with Crippen LogP contribution in [0.5, 0.6) is 5.75 Å². The highest BCUT2D eigenvalue weighted by atomic mass is 35.5. The summed E-state index contributed by atoms with van der Waals surface area (Å²) in [5.74, 6) is 1.91. The van der Waals surface area contributed by atoms with Crippen molar-refractivity contribution in [2.75, 3.05) is 50.8 Å². The second-order valence-electron chi connectivity index (χ2n) is 7.97. The summed E-state index contributed by atoms with van der Waals surface area (Å²) in [6, 6.07) is 8.35. The van der Waals surface area contributed by atoms with Crippen LogP contribution in [0.15, 0.2) is 30.5 Å². The number of halogens is 2. The zero-order chi connectivity index (χ0) is 20.1. The third-order valence-corrected chi connectivity index (χ3v) is 5.86. The molecule has 0 atom stereocenters. The van der Waals surface area contributed by atoms with Gasteiger partial charge in [0.05, 0.1) is 12.3 Å². The molecule has 2 aliphatic rings. The molecule has 1 fully saturated rings. The summed E-state index contributed by atoms with van der Waals surface area (Å²) in [6.45, 7) is 13.3. The van der Waals surface area contributed by atoms with E-state index in [0.717, 1.165) is 63.9 Å². The highest BCUT2D eigenvalue weighted by molar-refractivity contribution is 5.85. The Balaban J connectivity index is 0.00000171. The zero-order valence-electron chi connectivity index (χ0n) is 18.6. The fraction of sp³-hybridized carbons (Fsp3) is 0.565. The number of anilines is 1. The van der Waals surface area contributed by atoms with Gasteiger partial charge in [0, 0.05) is 69.6 Å². The van der Waals surface area contributed by atoms with Crippen molar-refractivity contribution in [3.05, 3.63) is 47.3 Å². The van der Waals surface area contributed by atoms with E-state index >= 15 is 0 Å². The standard InChI is InChI=1S/C23H33N5O.2ClH/c1-3-10-26-12-14-28(15-13-26)23-24-16-20-18-27(11-9-21(20)25-23)17-19-7-5-6-8-22(19)29-4-2;;/h5-8,16H,3-4,9-15,17-18H2,1-2H3;2*1H. The van der Waals surface area contributed by atoms with Gasteiger partial charge in [-0.1, -0.05) is 25.1 Å². The Kier molecular flexibility index (Phi) is 10.3. The summed E-state index contributed by atoms with van der Waals surface area (Å²) in [6.07, 6.45) is 4.26. The number of nitrogens with zero attached hydrogens (tertiary/aromatic N) is 5. The maximum absolute atomic E-state index is 5.79. The van der Waals surface area contributed by atoms with Crippen LogP contribution in [0.25, 0.3) is 0 Å². The average Bonchev–Trinajstić information content (AvgIpc) is 2.76. The molecule has 0 unspecified atom stereocenters. The van der Waals surface area contributed by atoms with E-state index in [0.29, 0.717) is 6.61 Å². The van der Waals surface area contributed by atoms with Crippen LogP contribution in [0.2, 0.25) is 0 Å². The largest absolute Gasteiger partial charge is 0.494 e. The van der Waals surface area contributed by atoms with Crippen molar-refractivity contribution in [1.29, 1.82) is 0 Å². The highest BCUT2D eigenvalue weighted by Crippen LogP contribution is 2.25. The van der Waals surface area contributed by atoms with Gasteiger partial charge >= 0.3 is 0 Å². The number of fused-ring (bicyclic) bond motifs is 1. The van der Waals surface area contributed by atoms with E-state index in [1.54, 1.807) is 0 Å². The van der Waals surface area contributed by atoms with Crippen LogP contribution in [-0.2, 0) is 19.5 Å². The summed E-state index contributed by atoms with van der Waals surface area (Å²) < 4.78 is 5.79. The minimum Gasteiger partial charge on any atom is -0.494 e. The summed E-state index contributed by atoms with van der Waals surface area (Å²) in [4.78, 5) is 17.0. The SMILES string of the molecule is CCCN1CCN(c2ncc3c(n2)CCN(Cc2ccccc2OCC)C3)CC1.Cl.Cl. The maximum atomic E-state index is 5.79. The predicted molar refractivity (Wildman–Crippen MR) is 131 cm³/mol. The molecule has 0 N–H and O–H groups in total. The third kappa shape index (κ3) is 6.45. The van der Waals surface area contributed by atoms with Gasteiger partial charge in [0.1, 0.15) is 5.75 Å². The maximum Gasteiger partial charge on any atom is 0.225 e. The van der Waals surface area contributed by atoms with E-state index in [-0.39, 0.29) is 24.8 Å². The molecular weight excluding hydrogens is 433 g/mol. The van der Waals surface area contributed by atoms with Crippen LogP contribution in [-0.4, -0.2) is 65.6 Å². The molecule has 2 aliphatic heterocycles. The summed E-state index contributed by atoms with van der Waals surface area (Å²) in [7, 11) is 0. The number of benzene rings is 1. The molecule has 3 heterocycles. The number of piperazine rings is 1. The van der Waals surface area contributed by atoms with Crippen LogP contribution in [0, 0.1) is 0 Å². The van der Waals surface area contributed by atoms with E-state index in [1.165, 1.54) is 29.8 Å². The molecule has 1 aromatic heterocycles. The van der Waals surface area contributed by atoms with Crippen LogP contribution in [0.4, 0.5) is 5.95 Å². The monoisotopic (exact) mass is 467 g/mol. The second kappa shape index (κ2) is 12.4. The zero-order valence-corrected chi connectivity index (χ0v) is 20.3. The molecule has 1 aromatic carbocycles. The Bertz CT molecular complexity index is 814. The summed E-state index contributed by atoms with van der Waals surface area (Å²) >= 11 is 0. The molecule has 0 amide bonds. The van der Waals surface area contributed by atoms with E-state index in [1.807, 2.05) is 13.0 Å². The lowest BCUT2D eigenvalue weighted by molar-refractivity contribution is 0.236. The lowest BCUT2D eigenvalue weighted by atomic mass is 10.1. The van der Waals surface area contributed by atoms with Crippen molar-refractivity contribution >= 4 is 30.8 Å². The first-order valence-corrected chi connectivity index (χ1v) is 11.0. The Morgan fingerprint density at radius 2 is 1.74 bits per heavy atom. The van der Waals surface area contributed by atoms with Crippen molar-refractivity contribution in [2.24, 2.45) is 0 Å². The lowest BCUT2D eigenvalue weighted by Crippen LogP contribution is -2.47. The lowest BCUT2D eigenvalue weighted by Gasteiger charge is -2.35. The smallest absolute Gasteiger partial charge is 0.225 e. The van der Waals surface area contributed by atoms with Gasteiger partial charge in [0.15, 0.2) is 0 Å². The fourth-order valence-corrected chi connectivity index (χ4v) is 4.31. The fourth-order valence-electron chi connectivity index (χ4n) is 4.31. The van der Waals surface area contributed by atoms with Crippen molar-refractivity contribution in [1.82, 2.24) is 19.8 Å². The molecule has 31 heavy (non-hydrogen) atoms. The number of hydrogen-bond donors (Lipinski definition) is 0. The molecule has 4 rings (SSSR count). The highest BCUT2D eigenvalue weighted by Gasteiger charge is 2.23. The van der Waals surface area contributed by atoms with Gasteiger partial charge in [-0.3, -0.25) is 9.80 Å². The van der Waals surface area contributed by atoms with Crippen molar-refractivity contribution in [3.63, 3.8) is 0 Å². The molecule has 0 bridgehead atoms. The Labute approximate surface area is 198 Å². The quantitative estimate of drug-likeness (QED) is 0.616. The first-order chi connectivity index (χ1) is 14.3. The minimum absolute atomic E-state index is 0. The summed E-state index contributed by atoms with van der Waals surface area (Å²) in [5.41, 5.74) is 3.74. The van der Waals surface area contributed by atoms with Crippen LogP contribution in [0.1, 0.15) is 37.1 Å². The van der Waals surface area contributed by atoms with Gasteiger partial charge in [-0.25, -0.2) is 9.97 Å². The van der Waals surface area contributed by atoms with Gasteiger partial charge in [-0.15, -0.1) is 24.8 Å². The predicted octanol–water partition coefficient (Wildman–Crippen LogP) is 3.81. The number of hydrogen-bond acceptors (Lipinski definition) is 6. The Hall–Kier alpha value is -1.60. The molecule has 6 nitrogen and oxygen atoms in total. The Morgan fingerprint density at radius 1 is 0.968 bits per heavy atom. The number of rotatable bonds is 7. The molecule has 0 spiro atoms. The van der Waals surface area contributed by atoms with Gasteiger partial charge in [0.25, 0.3) is 0 Å². The first kappa shape index (κ1) is 25.7. The van der Waals surface area contributed by atoms with Crippen molar-refractivity contribution in [2.45, 2.75) is 39.8 Å². The summed E-state index contributed by atoms with van der Waals surface area (Å²) in [5, 5.41) is 0. The number of para-hydroxylation sites is 1. The normalized spacial score (nSPS) is 16.8. The van der Waals surface area contributed by atoms with E-state index < -0.39 is 0 Å². The van der Waals surface area contributed by atoms with Gasteiger partial charge in [-0.2, -0.15) is 0 Å². The van der Waals surface area contributed by atoms with Crippen molar-refractivity contribution in [3.8, 4) is 5.75 Å². The molecule has 0 radical (unpaired) electrons.